The summed E-state index contributed by atoms with van der Waals surface area (Å²) in [4.78, 5) is 35.9. The summed E-state index contributed by atoms with van der Waals surface area (Å²) in [6.07, 6.45) is 11.6. The fourth-order valence-electron chi connectivity index (χ4n) is 4.56. The van der Waals surface area contributed by atoms with E-state index >= 15 is 0 Å². The molecule has 196 valence electrons. The number of carbonyl (C=O) groups is 1. The molecule has 38 heavy (non-hydrogen) atoms. The predicted molar refractivity (Wildman–Crippen MR) is 145 cm³/mol. The minimum Gasteiger partial charge on any atom is -0.378 e. The first-order valence-electron chi connectivity index (χ1n) is 12.4. The van der Waals surface area contributed by atoms with Gasteiger partial charge in [0.1, 0.15) is 11.3 Å². The quantitative estimate of drug-likeness (QED) is 0.358. The molecular formula is C25H28N10O2S. The number of thiazole rings is 1. The van der Waals surface area contributed by atoms with Crippen LogP contribution in [0.15, 0.2) is 43.6 Å². The molecule has 2 aliphatic heterocycles. The van der Waals surface area contributed by atoms with Crippen LogP contribution in [0.25, 0.3) is 22.4 Å². The van der Waals surface area contributed by atoms with E-state index in [2.05, 4.69) is 37.9 Å². The molecule has 0 bridgehead atoms. The molecule has 0 unspecified atom stereocenters. The molecule has 1 amide bonds. The first-order chi connectivity index (χ1) is 18.6. The van der Waals surface area contributed by atoms with Crippen molar-refractivity contribution in [2.24, 2.45) is 7.05 Å². The monoisotopic (exact) mass is 532 g/mol. The predicted octanol–water partition coefficient (Wildman–Crippen LogP) is 2.26. The number of nitrogens with one attached hydrogen (secondary N) is 1. The summed E-state index contributed by atoms with van der Waals surface area (Å²) in [6.45, 7) is 8.10. The Bertz CT molecular complexity index is 1510. The summed E-state index contributed by atoms with van der Waals surface area (Å²) in [5.41, 5.74) is 3.50. The highest BCUT2D eigenvalue weighted by atomic mass is 32.1. The Morgan fingerprint density at radius 1 is 1.21 bits per heavy atom. The van der Waals surface area contributed by atoms with Crippen LogP contribution in [0.4, 0.5) is 11.8 Å². The van der Waals surface area contributed by atoms with E-state index in [1.54, 1.807) is 33.4 Å². The Morgan fingerprint density at radius 3 is 2.82 bits per heavy atom. The van der Waals surface area contributed by atoms with Crippen LogP contribution in [0.3, 0.4) is 0 Å². The van der Waals surface area contributed by atoms with Crippen LogP contribution in [0.2, 0.25) is 0 Å². The van der Waals surface area contributed by atoms with E-state index in [1.165, 1.54) is 11.6 Å². The zero-order valence-electron chi connectivity index (χ0n) is 21.1. The highest BCUT2D eigenvalue weighted by Crippen LogP contribution is 2.29. The molecule has 4 aromatic heterocycles. The van der Waals surface area contributed by atoms with Crippen molar-refractivity contribution >= 4 is 45.7 Å². The first-order valence-corrected chi connectivity index (χ1v) is 13.3. The van der Waals surface area contributed by atoms with Gasteiger partial charge in [0.15, 0.2) is 17.0 Å². The molecule has 1 fully saturated rings. The Morgan fingerprint density at radius 2 is 2.08 bits per heavy atom. The van der Waals surface area contributed by atoms with Gasteiger partial charge in [0.2, 0.25) is 11.9 Å². The maximum absolute atomic E-state index is 11.9. The molecule has 1 saturated heterocycles. The average molecular weight is 533 g/mol. The van der Waals surface area contributed by atoms with E-state index in [9.17, 15) is 4.79 Å². The van der Waals surface area contributed by atoms with E-state index in [1.807, 2.05) is 24.0 Å². The van der Waals surface area contributed by atoms with E-state index < -0.39 is 0 Å². The number of amides is 1. The molecule has 0 radical (unpaired) electrons. The third kappa shape index (κ3) is 4.77. The smallest absolute Gasteiger partial charge is 0.246 e. The van der Waals surface area contributed by atoms with Gasteiger partial charge in [-0.25, -0.2) is 9.97 Å². The van der Waals surface area contributed by atoms with E-state index in [4.69, 9.17) is 14.7 Å². The number of anilines is 2. The van der Waals surface area contributed by atoms with Crippen LogP contribution >= 0.6 is 11.3 Å². The zero-order valence-corrected chi connectivity index (χ0v) is 21.9. The molecule has 0 aliphatic carbocycles. The number of carbonyl (C=O) groups excluding carboxylic acids is 1. The average Bonchev–Trinajstić information content (AvgIpc) is 3.71. The van der Waals surface area contributed by atoms with Crippen molar-refractivity contribution in [1.82, 2.24) is 39.2 Å². The van der Waals surface area contributed by atoms with Crippen molar-refractivity contribution in [2.45, 2.75) is 13.0 Å². The third-order valence-electron chi connectivity index (χ3n) is 6.62. The van der Waals surface area contributed by atoms with Crippen molar-refractivity contribution in [3.63, 3.8) is 0 Å². The van der Waals surface area contributed by atoms with Gasteiger partial charge >= 0.3 is 0 Å². The first kappa shape index (κ1) is 24.2. The zero-order chi connectivity index (χ0) is 26.1. The summed E-state index contributed by atoms with van der Waals surface area (Å²) >= 11 is 1.64. The van der Waals surface area contributed by atoms with Gasteiger partial charge in [-0.1, -0.05) is 12.7 Å². The Labute approximate surface area is 223 Å². The van der Waals surface area contributed by atoms with E-state index in [0.29, 0.717) is 55.8 Å². The van der Waals surface area contributed by atoms with Crippen molar-refractivity contribution in [2.75, 3.05) is 49.6 Å². The van der Waals surface area contributed by atoms with Gasteiger partial charge in [-0.15, -0.1) is 11.3 Å². The molecule has 0 saturated carbocycles. The van der Waals surface area contributed by atoms with Gasteiger partial charge in [0, 0.05) is 45.6 Å². The Hall–Kier alpha value is -4.10. The van der Waals surface area contributed by atoms with Gasteiger partial charge < -0.3 is 19.9 Å². The molecule has 0 aromatic carbocycles. The standard InChI is InChI=1S/C25H28N10O2S/c1-3-21(36)33-6-4-17(5-7-33)19-13-26-20(38-19)14-27-23-22-24(31-25(30-23)34-8-10-37-11-9-34)35(16-28-22)18-12-29-32(2)15-18/h3-4,12-13,15-16H,1,5-11,14H2,2H3,(H,27,30,31). The van der Waals surface area contributed by atoms with Gasteiger partial charge in [0.05, 0.1) is 36.5 Å². The SMILES string of the molecule is C=CC(=O)N1CC=C(c2cnc(CNc3nc(N4CCOCC4)nc4c3ncn4-c3cnn(C)c3)s2)CC1. The lowest BCUT2D eigenvalue weighted by molar-refractivity contribution is -0.125. The van der Waals surface area contributed by atoms with Crippen LogP contribution in [0, 0.1) is 0 Å². The molecular weight excluding hydrogens is 504 g/mol. The lowest BCUT2D eigenvalue weighted by Crippen LogP contribution is -2.37. The molecule has 0 atom stereocenters. The third-order valence-corrected chi connectivity index (χ3v) is 7.69. The number of aromatic nitrogens is 7. The topological polar surface area (TPSA) is 119 Å². The summed E-state index contributed by atoms with van der Waals surface area (Å²) in [7, 11) is 1.88. The lowest BCUT2D eigenvalue weighted by Gasteiger charge is -2.27. The number of fused-ring (bicyclic) bond motifs is 1. The molecule has 6 rings (SSSR count). The number of ether oxygens (including phenoxy) is 1. The maximum atomic E-state index is 11.9. The number of nitrogens with zero attached hydrogens (tertiary/aromatic N) is 9. The van der Waals surface area contributed by atoms with Gasteiger partial charge in [-0.2, -0.15) is 15.1 Å². The summed E-state index contributed by atoms with van der Waals surface area (Å²) in [6, 6.07) is 0. The van der Waals surface area contributed by atoms with E-state index in [-0.39, 0.29) is 5.91 Å². The van der Waals surface area contributed by atoms with Gasteiger partial charge in [0.25, 0.3) is 0 Å². The number of hydrogen-bond acceptors (Lipinski definition) is 10. The number of morpholine rings is 1. The van der Waals surface area contributed by atoms with Crippen molar-refractivity contribution < 1.29 is 9.53 Å². The van der Waals surface area contributed by atoms with E-state index in [0.717, 1.165) is 35.1 Å². The summed E-state index contributed by atoms with van der Waals surface area (Å²) in [5, 5.41) is 8.69. The summed E-state index contributed by atoms with van der Waals surface area (Å²) in [5.74, 6) is 1.26. The minimum atomic E-state index is -0.0342. The molecule has 1 N–H and O–H groups in total. The highest BCUT2D eigenvalue weighted by Gasteiger charge is 2.21. The van der Waals surface area contributed by atoms with Gasteiger partial charge in [-0.3, -0.25) is 14.0 Å². The summed E-state index contributed by atoms with van der Waals surface area (Å²) < 4.78 is 9.20. The second-order valence-electron chi connectivity index (χ2n) is 9.07. The number of hydrogen-bond donors (Lipinski definition) is 1. The fourth-order valence-corrected chi connectivity index (χ4v) is 5.49. The van der Waals surface area contributed by atoms with Crippen molar-refractivity contribution in [3.05, 3.63) is 53.5 Å². The number of rotatable bonds is 7. The number of imidazole rings is 1. The fraction of sp³-hybridized carbons (Fsp3) is 0.360. The highest BCUT2D eigenvalue weighted by molar-refractivity contribution is 7.12. The molecule has 6 heterocycles. The Kier molecular flexibility index (Phi) is 6.60. The van der Waals surface area contributed by atoms with Crippen LogP contribution in [0.5, 0.6) is 0 Å². The molecule has 2 aliphatic rings. The minimum absolute atomic E-state index is 0.0342. The van der Waals surface area contributed by atoms with Crippen LogP contribution < -0.4 is 10.2 Å². The molecule has 4 aromatic rings. The van der Waals surface area contributed by atoms with Crippen molar-refractivity contribution in [3.8, 4) is 5.69 Å². The number of aryl methyl sites for hydroxylation is 1. The second-order valence-corrected chi connectivity index (χ2v) is 10.2. The van der Waals surface area contributed by atoms with Gasteiger partial charge in [-0.05, 0) is 18.1 Å². The normalized spacial score (nSPS) is 16.1. The molecule has 12 nitrogen and oxygen atoms in total. The largest absolute Gasteiger partial charge is 0.378 e. The lowest BCUT2D eigenvalue weighted by atomic mass is 10.1. The maximum Gasteiger partial charge on any atom is 0.246 e. The van der Waals surface area contributed by atoms with Crippen molar-refractivity contribution in [1.29, 1.82) is 0 Å². The van der Waals surface area contributed by atoms with Crippen LogP contribution in [-0.4, -0.2) is 84.5 Å². The van der Waals surface area contributed by atoms with Crippen LogP contribution in [-0.2, 0) is 23.1 Å². The molecule has 0 spiro atoms. The second kappa shape index (κ2) is 10.3. The molecule has 13 heteroatoms. The van der Waals surface area contributed by atoms with Crippen LogP contribution in [0.1, 0.15) is 16.3 Å². The Balaban J connectivity index is 1.25.